The lowest BCUT2D eigenvalue weighted by atomic mass is 10.2. The first-order valence-electron chi connectivity index (χ1n) is 6.53. The van der Waals surface area contributed by atoms with Crippen LogP contribution in [0.25, 0.3) is 0 Å². The summed E-state index contributed by atoms with van der Waals surface area (Å²) in [6, 6.07) is 7.85. The number of likely N-dealkylation sites (N-methyl/N-ethyl adjacent to an activating group) is 1. The van der Waals surface area contributed by atoms with Gasteiger partial charge >= 0.3 is 0 Å². The maximum absolute atomic E-state index is 12.1. The van der Waals surface area contributed by atoms with E-state index >= 15 is 0 Å². The molecular weight excluding hydrogens is 254 g/mol. The van der Waals surface area contributed by atoms with Crippen LogP contribution in [0.4, 0.5) is 0 Å². The molecule has 1 aromatic heterocycles. The molecule has 5 heteroatoms. The Morgan fingerprint density at radius 1 is 1.30 bits per heavy atom. The number of imidazole rings is 1. The average Bonchev–Trinajstić information content (AvgIpc) is 2.86. The normalized spacial score (nSPS) is 10.3. The van der Waals surface area contributed by atoms with Gasteiger partial charge in [0.05, 0.1) is 12.9 Å². The minimum atomic E-state index is -0.101. The lowest BCUT2D eigenvalue weighted by Crippen LogP contribution is -2.31. The van der Waals surface area contributed by atoms with Gasteiger partial charge in [-0.15, -0.1) is 0 Å². The second-order valence-corrected chi connectivity index (χ2v) is 4.76. The highest BCUT2D eigenvalue weighted by atomic mass is 16.5. The fraction of sp³-hybridized carbons (Fsp3) is 0.333. The Morgan fingerprint density at radius 3 is 2.60 bits per heavy atom. The van der Waals surface area contributed by atoms with Gasteiger partial charge in [0, 0.05) is 12.7 Å². The Balaban J connectivity index is 1.83. The van der Waals surface area contributed by atoms with Crippen molar-refractivity contribution in [2.45, 2.75) is 13.8 Å². The molecule has 2 aromatic rings. The summed E-state index contributed by atoms with van der Waals surface area (Å²) in [6.45, 7) is 4.83. The lowest BCUT2D eigenvalue weighted by molar-refractivity contribution is 0.0768. The number of hydrogen-bond donors (Lipinski definition) is 1. The van der Waals surface area contributed by atoms with Crippen molar-refractivity contribution < 1.29 is 9.53 Å². The van der Waals surface area contributed by atoms with Crippen LogP contribution in [0.2, 0.25) is 0 Å². The van der Waals surface area contributed by atoms with E-state index in [0.29, 0.717) is 18.8 Å². The molecule has 0 aliphatic rings. The molecule has 0 saturated carbocycles. The van der Waals surface area contributed by atoms with Gasteiger partial charge in [0.2, 0.25) is 0 Å². The van der Waals surface area contributed by atoms with Crippen LogP contribution in [0.15, 0.2) is 30.6 Å². The van der Waals surface area contributed by atoms with E-state index in [9.17, 15) is 4.79 Å². The molecule has 2 rings (SSSR count). The third kappa shape index (κ3) is 3.38. The molecule has 1 aromatic carbocycles. The van der Waals surface area contributed by atoms with Crippen molar-refractivity contribution in [2.24, 2.45) is 0 Å². The molecule has 0 unspecified atom stereocenters. The van der Waals surface area contributed by atoms with Crippen LogP contribution in [0.3, 0.4) is 0 Å². The van der Waals surface area contributed by atoms with Crippen molar-refractivity contribution in [2.75, 3.05) is 20.2 Å². The van der Waals surface area contributed by atoms with Gasteiger partial charge in [0.25, 0.3) is 5.91 Å². The van der Waals surface area contributed by atoms with Gasteiger partial charge in [0.15, 0.2) is 0 Å². The quantitative estimate of drug-likeness (QED) is 0.908. The summed E-state index contributed by atoms with van der Waals surface area (Å²) in [5.74, 6) is 0.712. The van der Waals surface area contributed by atoms with E-state index in [0.717, 1.165) is 11.4 Å². The second-order valence-electron chi connectivity index (χ2n) is 4.76. The summed E-state index contributed by atoms with van der Waals surface area (Å²) < 4.78 is 5.61. The van der Waals surface area contributed by atoms with Crippen LogP contribution in [-0.4, -0.2) is 41.0 Å². The summed E-state index contributed by atoms with van der Waals surface area (Å²) in [5, 5.41) is 0. The van der Waals surface area contributed by atoms with Gasteiger partial charge in [-0.3, -0.25) is 4.79 Å². The van der Waals surface area contributed by atoms with Gasteiger partial charge in [0.1, 0.15) is 18.1 Å². The highest BCUT2D eigenvalue weighted by Gasteiger charge is 2.16. The number of aryl methyl sites for hydroxylation is 2. The smallest absolute Gasteiger partial charge is 0.274 e. The van der Waals surface area contributed by atoms with Crippen molar-refractivity contribution in [3.05, 3.63) is 47.5 Å². The summed E-state index contributed by atoms with van der Waals surface area (Å²) in [6.07, 6.45) is 1.53. The zero-order chi connectivity index (χ0) is 14.5. The Hall–Kier alpha value is -2.30. The summed E-state index contributed by atoms with van der Waals surface area (Å²) in [7, 11) is 1.74. The zero-order valence-electron chi connectivity index (χ0n) is 12.0. The Morgan fingerprint density at radius 2 is 2.00 bits per heavy atom. The van der Waals surface area contributed by atoms with Crippen molar-refractivity contribution in [1.29, 1.82) is 0 Å². The van der Waals surface area contributed by atoms with Gasteiger partial charge in [-0.2, -0.15) is 0 Å². The molecule has 0 fully saturated rings. The number of carbonyl (C=O) groups is 1. The molecule has 0 aliphatic heterocycles. The van der Waals surface area contributed by atoms with E-state index < -0.39 is 0 Å². The number of H-pyrrole nitrogens is 1. The molecule has 20 heavy (non-hydrogen) atoms. The van der Waals surface area contributed by atoms with Gasteiger partial charge in [-0.05, 0) is 26.0 Å². The van der Waals surface area contributed by atoms with Crippen molar-refractivity contribution in [1.82, 2.24) is 14.9 Å². The van der Waals surface area contributed by atoms with Crippen LogP contribution in [0, 0.1) is 13.8 Å². The third-order valence-electron chi connectivity index (χ3n) is 3.10. The number of nitrogens with zero attached hydrogens (tertiary/aromatic N) is 2. The maximum atomic E-state index is 12.1. The molecular formula is C15H19N3O2. The first-order valence-corrected chi connectivity index (χ1v) is 6.53. The molecule has 0 radical (unpaired) electrons. The van der Waals surface area contributed by atoms with Gasteiger partial charge in [-0.25, -0.2) is 4.98 Å². The van der Waals surface area contributed by atoms with Gasteiger partial charge < -0.3 is 14.6 Å². The number of carbonyl (C=O) groups excluding carboxylic acids is 1. The predicted octanol–water partition coefficient (Wildman–Crippen LogP) is 2.18. The second kappa shape index (κ2) is 6.23. The van der Waals surface area contributed by atoms with Gasteiger partial charge in [-0.1, -0.05) is 17.7 Å². The lowest BCUT2D eigenvalue weighted by Gasteiger charge is -2.16. The average molecular weight is 273 g/mol. The molecule has 106 valence electrons. The summed E-state index contributed by atoms with van der Waals surface area (Å²) in [5.41, 5.74) is 2.43. The highest BCUT2D eigenvalue weighted by molar-refractivity contribution is 5.93. The van der Waals surface area contributed by atoms with Crippen LogP contribution in [-0.2, 0) is 0 Å². The molecule has 5 nitrogen and oxygen atoms in total. The Labute approximate surface area is 118 Å². The SMILES string of the molecule is Cc1ccc(OCCN(C)C(=O)c2nc[nH]c2C)cc1. The van der Waals surface area contributed by atoms with Crippen molar-refractivity contribution in [3.63, 3.8) is 0 Å². The molecule has 1 amide bonds. The minimum Gasteiger partial charge on any atom is -0.492 e. The Kier molecular flexibility index (Phi) is 4.40. The largest absolute Gasteiger partial charge is 0.492 e. The number of hydrogen-bond acceptors (Lipinski definition) is 3. The van der Waals surface area contributed by atoms with E-state index in [1.807, 2.05) is 38.1 Å². The van der Waals surface area contributed by atoms with E-state index in [4.69, 9.17) is 4.74 Å². The molecule has 0 saturated heterocycles. The van der Waals surface area contributed by atoms with Crippen LogP contribution in [0.1, 0.15) is 21.7 Å². The topological polar surface area (TPSA) is 58.2 Å². The third-order valence-corrected chi connectivity index (χ3v) is 3.10. The summed E-state index contributed by atoms with van der Waals surface area (Å²) in [4.78, 5) is 20.6. The monoisotopic (exact) mass is 273 g/mol. The number of aromatic amines is 1. The molecule has 1 heterocycles. The number of ether oxygens (including phenoxy) is 1. The predicted molar refractivity (Wildman–Crippen MR) is 77.0 cm³/mol. The fourth-order valence-corrected chi connectivity index (χ4v) is 1.79. The van der Waals surface area contributed by atoms with E-state index in [1.165, 1.54) is 11.9 Å². The molecule has 0 spiro atoms. The first-order chi connectivity index (χ1) is 9.58. The molecule has 0 aliphatic carbocycles. The number of benzene rings is 1. The van der Waals surface area contributed by atoms with Crippen molar-refractivity contribution in [3.8, 4) is 5.75 Å². The number of rotatable bonds is 5. The maximum Gasteiger partial charge on any atom is 0.274 e. The van der Waals surface area contributed by atoms with E-state index in [2.05, 4.69) is 9.97 Å². The van der Waals surface area contributed by atoms with Crippen LogP contribution in [0.5, 0.6) is 5.75 Å². The zero-order valence-corrected chi connectivity index (χ0v) is 12.0. The fourth-order valence-electron chi connectivity index (χ4n) is 1.79. The van der Waals surface area contributed by atoms with Crippen LogP contribution < -0.4 is 4.74 Å². The first kappa shape index (κ1) is 14.1. The van der Waals surface area contributed by atoms with E-state index in [-0.39, 0.29) is 5.91 Å². The summed E-state index contributed by atoms with van der Waals surface area (Å²) >= 11 is 0. The number of nitrogens with one attached hydrogen (secondary N) is 1. The molecule has 1 N–H and O–H groups in total. The standard InChI is InChI=1S/C15H19N3O2/c1-11-4-6-13(7-5-11)20-9-8-18(3)15(19)14-12(2)16-10-17-14/h4-7,10H,8-9H2,1-3H3,(H,16,17). The minimum absolute atomic E-state index is 0.101. The number of amides is 1. The van der Waals surface area contributed by atoms with Crippen LogP contribution >= 0.6 is 0 Å². The highest BCUT2D eigenvalue weighted by Crippen LogP contribution is 2.11. The molecule has 0 bridgehead atoms. The molecule has 0 atom stereocenters. The van der Waals surface area contributed by atoms with Crippen molar-refractivity contribution >= 4 is 5.91 Å². The Bertz CT molecular complexity index is 575. The number of aromatic nitrogens is 2. The van der Waals surface area contributed by atoms with E-state index in [1.54, 1.807) is 11.9 Å².